The number of ether oxygens (including phenoxy) is 2. The summed E-state index contributed by atoms with van der Waals surface area (Å²) in [7, 11) is 0. The molecule has 1 aliphatic rings. The molecule has 1 atom stereocenters. The van der Waals surface area contributed by atoms with Crippen molar-refractivity contribution in [2.75, 3.05) is 26.3 Å². The predicted molar refractivity (Wildman–Crippen MR) is 124 cm³/mol. The van der Waals surface area contributed by atoms with Crippen molar-refractivity contribution in [3.63, 3.8) is 0 Å². The maximum absolute atomic E-state index is 12.9. The molecule has 4 rings (SSSR count). The quantitative estimate of drug-likeness (QED) is 0.566. The SMILES string of the molecule is CCOc1ccc(Cc2cccc([C@H]3CN(C(=O)Cc4nc(C(C)C)n[nH]4)CCO3)n2)cc1. The molecule has 0 aliphatic carbocycles. The second-order valence-corrected chi connectivity index (χ2v) is 8.48. The molecule has 8 heteroatoms. The highest BCUT2D eigenvalue weighted by Gasteiger charge is 2.27. The Labute approximate surface area is 194 Å². The van der Waals surface area contributed by atoms with Crippen LogP contribution in [0.3, 0.4) is 0 Å². The second kappa shape index (κ2) is 10.6. The van der Waals surface area contributed by atoms with Crippen LogP contribution in [0.25, 0.3) is 0 Å². The third-order valence-electron chi connectivity index (χ3n) is 5.58. The van der Waals surface area contributed by atoms with Crippen molar-refractivity contribution in [1.29, 1.82) is 0 Å². The van der Waals surface area contributed by atoms with E-state index < -0.39 is 0 Å². The summed E-state index contributed by atoms with van der Waals surface area (Å²) < 4.78 is 11.5. The highest BCUT2D eigenvalue weighted by molar-refractivity contribution is 5.78. The van der Waals surface area contributed by atoms with E-state index in [9.17, 15) is 4.79 Å². The summed E-state index contributed by atoms with van der Waals surface area (Å²) in [6, 6.07) is 14.1. The number of nitrogens with one attached hydrogen (secondary N) is 1. The third kappa shape index (κ3) is 5.96. The van der Waals surface area contributed by atoms with E-state index in [1.165, 1.54) is 0 Å². The Balaban J connectivity index is 1.38. The summed E-state index contributed by atoms with van der Waals surface area (Å²) in [5, 5.41) is 7.07. The molecule has 33 heavy (non-hydrogen) atoms. The van der Waals surface area contributed by atoms with E-state index >= 15 is 0 Å². The Hall–Kier alpha value is -3.26. The van der Waals surface area contributed by atoms with Gasteiger partial charge in [0.15, 0.2) is 5.82 Å². The molecule has 1 aromatic carbocycles. The number of aromatic amines is 1. The van der Waals surface area contributed by atoms with Gasteiger partial charge in [0.2, 0.25) is 5.91 Å². The van der Waals surface area contributed by atoms with E-state index in [4.69, 9.17) is 14.5 Å². The van der Waals surface area contributed by atoms with Crippen LogP contribution in [0.1, 0.15) is 61.4 Å². The number of morpholine rings is 1. The lowest BCUT2D eigenvalue weighted by Gasteiger charge is -2.32. The van der Waals surface area contributed by atoms with Crippen molar-refractivity contribution < 1.29 is 14.3 Å². The monoisotopic (exact) mass is 449 g/mol. The molecule has 3 aromatic rings. The highest BCUT2D eigenvalue weighted by atomic mass is 16.5. The maximum atomic E-state index is 12.9. The Morgan fingerprint density at radius 2 is 2.03 bits per heavy atom. The lowest BCUT2D eigenvalue weighted by Crippen LogP contribution is -2.43. The van der Waals surface area contributed by atoms with Crippen LogP contribution in [-0.2, 0) is 22.4 Å². The van der Waals surface area contributed by atoms with E-state index in [0.29, 0.717) is 32.1 Å². The zero-order valence-corrected chi connectivity index (χ0v) is 19.5. The van der Waals surface area contributed by atoms with Crippen molar-refractivity contribution in [2.45, 2.75) is 45.6 Å². The molecular formula is C25H31N5O3. The van der Waals surface area contributed by atoms with Crippen molar-refractivity contribution in [1.82, 2.24) is 25.1 Å². The first kappa shape index (κ1) is 22.9. The van der Waals surface area contributed by atoms with Gasteiger partial charge in [0.25, 0.3) is 0 Å². The predicted octanol–water partition coefficient (Wildman–Crippen LogP) is 3.46. The molecule has 0 saturated carbocycles. The zero-order chi connectivity index (χ0) is 23.2. The first-order valence-corrected chi connectivity index (χ1v) is 11.5. The van der Waals surface area contributed by atoms with Crippen LogP contribution in [0.15, 0.2) is 42.5 Å². The fraction of sp³-hybridized carbons (Fsp3) is 0.440. The molecule has 0 unspecified atom stereocenters. The van der Waals surface area contributed by atoms with Crippen LogP contribution in [-0.4, -0.2) is 57.3 Å². The molecule has 1 N–H and O–H groups in total. The van der Waals surface area contributed by atoms with Crippen molar-refractivity contribution in [3.05, 3.63) is 71.1 Å². The van der Waals surface area contributed by atoms with Gasteiger partial charge in [-0.3, -0.25) is 14.9 Å². The molecule has 1 aliphatic heterocycles. The maximum Gasteiger partial charge on any atom is 0.230 e. The first-order chi connectivity index (χ1) is 16.0. The number of nitrogens with zero attached hydrogens (tertiary/aromatic N) is 4. The van der Waals surface area contributed by atoms with Gasteiger partial charge < -0.3 is 14.4 Å². The number of hydrogen-bond acceptors (Lipinski definition) is 6. The molecule has 174 valence electrons. The number of carbonyl (C=O) groups is 1. The summed E-state index contributed by atoms with van der Waals surface area (Å²) >= 11 is 0. The van der Waals surface area contributed by atoms with Crippen LogP contribution in [0, 0.1) is 0 Å². The molecular weight excluding hydrogens is 418 g/mol. The molecule has 0 radical (unpaired) electrons. The molecule has 1 amide bonds. The molecule has 0 spiro atoms. The van der Waals surface area contributed by atoms with Crippen LogP contribution in [0.2, 0.25) is 0 Å². The minimum absolute atomic E-state index is 0.0142. The van der Waals surface area contributed by atoms with Gasteiger partial charge in [-0.1, -0.05) is 32.0 Å². The lowest BCUT2D eigenvalue weighted by atomic mass is 10.1. The van der Waals surface area contributed by atoms with Gasteiger partial charge in [0.05, 0.1) is 31.9 Å². The number of rotatable bonds is 8. The smallest absolute Gasteiger partial charge is 0.230 e. The van der Waals surface area contributed by atoms with Gasteiger partial charge in [-0.05, 0) is 36.8 Å². The number of H-pyrrole nitrogens is 1. The van der Waals surface area contributed by atoms with Gasteiger partial charge in [-0.2, -0.15) is 5.10 Å². The van der Waals surface area contributed by atoms with Crippen LogP contribution < -0.4 is 4.74 Å². The van der Waals surface area contributed by atoms with E-state index in [0.717, 1.165) is 34.9 Å². The average molecular weight is 450 g/mol. The van der Waals surface area contributed by atoms with E-state index in [-0.39, 0.29) is 24.3 Å². The lowest BCUT2D eigenvalue weighted by molar-refractivity contribution is -0.138. The third-order valence-corrected chi connectivity index (χ3v) is 5.58. The Morgan fingerprint density at radius 1 is 1.21 bits per heavy atom. The van der Waals surface area contributed by atoms with E-state index in [1.807, 2.05) is 56.0 Å². The van der Waals surface area contributed by atoms with Crippen molar-refractivity contribution in [3.8, 4) is 5.75 Å². The fourth-order valence-electron chi connectivity index (χ4n) is 3.81. The van der Waals surface area contributed by atoms with Gasteiger partial charge in [0.1, 0.15) is 17.7 Å². The number of benzene rings is 1. The minimum Gasteiger partial charge on any atom is -0.494 e. The Kier molecular flexibility index (Phi) is 7.34. The summed E-state index contributed by atoms with van der Waals surface area (Å²) in [5.41, 5.74) is 2.97. The van der Waals surface area contributed by atoms with Crippen molar-refractivity contribution >= 4 is 5.91 Å². The van der Waals surface area contributed by atoms with E-state index in [1.54, 1.807) is 0 Å². The highest BCUT2D eigenvalue weighted by Crippen LogP contribution is 2.22. The second-order valence-electron chi connectivity index (χ2n) is 8.48. The fourth-order valence-corrected chi connectivity index (χ4v) is 3.81. The number of hydrogen-bond donors (Lipinski definition) is 1. The standard InChI is InChI=1S/C25H31N5O3/c1-4-32-20-10-8-18(9-11-20)14-19-6-5-7-21(26-19)22-16-30(12-13-33-22)24(31)15-23-27-25(17(2)3)29-28-23/h5-11,17,22H,4,12-16H2,1-3H3,(H,27,28,29)/t22-/m1/s1. The zero-order valence-electron chi connectivity index (χ0n) is 19.5. The molecule has 2 aromatic heterocycles. The topological polar surface area (TPSA) is 93.2 Å². The Morgan fingerprint density at radius 3 is 2.76 bits per heavy atom. The number of carbonyl (C=O) groups excluding carboxylic acids is 1. The van der Waals surface area contributed by atoms with Crippen LogP contribution >= 0.6 is 0 Å². The molecule has 1 fully saturated rings. The number of pyridine rings is 1. The van der Waals surface area contributed by atoms with Gasteiger partial charge >= 0.3 is 0 Å². The van der Waals surface area contributed by atoms with Gasteiger partial charge in [-0.25, -0.2) is 4.98 Å². The molecule has 0 bridgehead atoms. The number of amides is 1. The van der Waals surface area contributed by atoms with Crippen LogP contribution in [0.5, 0.6) is 5.75 Å². The molecule has 8 nitrogen and oxygen atoms in total. The van der Waals surface area contributed by atoms with Gasteiger partial charge in [-0.15, -0.1) is 0 Å². The molecule has 3 heterocycles. The Bertz CT molecular complexity index is 1060. The van der Waals surface area contributed by atoms with E-state index in [2.05, 4.69) is 27.3 Å². The largest absolute Gasteiger partial charge is 0.494 e. The summed E-state index contributed by atoms with van der Waals surface area (Å²) in [5.74, 6) is 2.43. The van der Waals surface area contributed by atoms with Crippen LogP contribution in [0.4, 0.5) is 0 Å². The molecule has 1 saturated heterocycles. The normalized spacial score (nSPS) is 16.2. The minimum atomic E-state index is -0.246. The van der Waals surface area contributed by atoms with Gasteiger partial charge in [0, 0.05) is 24.6 Å². The first-order valence-electron chi connectivity index (χ1n) is 11.5. The summed E-state index contributed by atoms with van der Waals surface area (Å²) in [6.07, 6.45) is 0.681. The number of aromatic nitrogens is 4. The average Bonchev–Trinajstić information content (AvgIpc) is 3.30. The summed E-state index contributed by atoms with van der Waals surface area (Å²) in [4.78, 5) is 23.9. The summed E-state index contributed by atoms with van der Waals surface area (Å²) in [6.45, 7) is 8.20. The van der Waals surface area contributed by atoms with Crippen molar-refractivity contribution in [2.24, 2.45) is 0 Å².